The monoisotopic (exact) mass is 282 g/mol. The quantitative estimate of drug-likeness (QED) is 0.690. The molecule has 0 aliphatic heterocycles. The molecule has 0 saturated carbocycles. The van der Waals surface area contributed by atoms with Gasteiger partial charge < -0.3 is 0 Å². The molecule has 1 aliphatic rings. The van der Waals surface area contributed by atoms with E-state index < -0.39 is 8.07 Å². The Labute approximate surface area is 109 Å². The molecule has 0 bridgehead atoms. The number of rotatable bonds is 2. The molecule has 0 heterocycles. The molecule has 0 saturated heterocycles. The van der Waals surface area contributed by atoms with Crippen molar-refractivity contribution < 1.29 is 21.7 Å². The molecule has 0 aromatic carbocycles. The topological polar surface area (TPSA) is 9.23 Å². The summed E-state index contributed by atoms with van der Waals surface area (Å²) in [5, 5.41) is 1.63. The fourth-order valence-electron chi connectivity index (χ4n) is 1.18. The maximum atomic E-state index is 4.84. The minimum absolute atomic E-state index is 0.150. The van der Waals surface area contributed by atoms with E-state index in [2.05, 4.69) is 53.5 Å². The van der Waals surface area contributed by atoms with Crippen LogP contribution in [0.1, 0.15) is 20.3 Å². The molecule has 0 spiro atoms. The second-order valence-corrected chi connectivity index (χ2v) is 10.9. The van der Waals surface area contributed by atoms with Gasteiger partial charge in [-0.05, 0) is 13.8 Å². The maximum absolute atomic E-state index is 4.84. The number of hydrogen-bond acceptors (Lipinski definition) is 1. The van der Waals surface area contributed by atoms with E-state index in [-0.39, 0.29) is 6.10 Å². The van der Waals surface area contributed by atoms with E-state index in [9.17, 15) is 0 Å². The van der Waals surface area contributed by atoms with Crippen molar-refractivity contribution in [3.05, 3.63) is 21.6 Å². The molecule has 0 aromatic heterocycles. The zero-order valence-corrected chi connectivity index (χ0v) is 13.3. The molecule has 0 fully saturated rings. The second-order valence-electron chi connectivity index (χ2n) is 4.85. The second kappa shape index (κ2) is 6.97. The first kappa shape index (κ1) is 15.5. The summed E-state index contributed by atoms with van der Waals surface area (Å²) < 4.78 is 5.76. The van der Waals surface area contributed by atoms with E-state index in [4.69, 9.17) is 11.9 Å². The minimum atomic E-state index is -1.01. The van der Waals surface area contributed by atoms with Crippen LogP contribution in [0, 0.1) is 0 Å². The average Bonchev–Trinajstić information content (AvgIpc) is 2.51. The summed E-state index contributed by atoms with van der Waals surface area (Å²) in [5.41, 5.74) is 0. The molecule has 1 nitrogen and oxygen atoms in total. The van der Waals surface area contributed by atoms with Crippen LogP contribution in [-0.4, -0.2) is 14.2 Å². The average molecular weight is 283 g/mol. The predicted molar refractivity (Wildman–Crippen MR) is 66.2 cm³/mol. The normalized spacial score (nSPS) is 15.7. The molecule has 0 amide bonds. The molecule has 1 rings (SSSR count). The van der Waals surface area contributed by atoms with Crippen molar-refractivity contribution in [1.29, 1.82) is 0 Å². The first-order valence-electron chi connectivity index (χ1n) is 5.15. The van der Waals surface area contributed by atoms with Gasteiger partial charge in [0.25, 0.3) is 0 Å². The molecule has 0 atom stereocenters. The third-order valence-corrected chi connectivity index (χ3v) is 5.33. The number of allylic oxidation sites excluding steroid dienone is 4. The van der Waals surface area contributed by atoms with Gasteiger partial charge in [-0.15, -0.1) is 0 Å². The van der Waals surface area contributed by atoms with Gasteiger partial charge in [0.2, 0.25) is 0 Å². The van der Waals surface area contributed by atoms with Crippen LogP contribution < -0.4 is 0 Å². The first-order chi connectivity index (χ1) is 6.79. The third-order valence-electron chi connectivity index (χ3n) is 1.89. The van der Waals surface area contributed by atoms with Gasteiger partial charge in [-0.2, -0.15) is 0 Å². The summed E-state index contributed by atoms with van der Waals surface area (Å²) in [6.07, 6.45) is 5.89. The number of hydrogen-bond donors (Lipinski definition) is 0. The summed E-state index contributed by atoms with van der Waals surface area (Å²) >= 11 is 7.54. The summed E-state index contributed by atoms with van der Waals surface area (Å²) in [4.78, 5) is 0. The van der Waals surface area contributed by atoms with Crippen molar-refractivity contribution in [2.75, 3.05) is 0 Å². The molecule has 1 aliphatic carbocycles. The van der Waals surface area contributed by atoms with Crippen molar-refractivity contribution in [1.82, 2.24) is 0 Å². The van der Waals surface area contributed by atoms with Gasteiger partial charge in [-0.1, -0.05) is 0 Å². The first-order valence-corrected chi connectivity index (χ1v) is 9.66. The van der Waals surface area contributed by atoms with Crippen LogP contribution in [0.25, 0.3) is 0 Å². The Balaban J connectivity index is 0.000000336. The summed E-state index contributed by atoms with van der Waals surface area (Å²) in [6, 6.07) is 0. The summed E-state index contributed by atoms with van der Waals surface area (Å²) in [5.74, 6) is 0. The standard InChI is InChI=1S/C8H13Si.C3H7ClO.V/c1-9(2,3)8-6-4-5-7-8;1-3(2)5-4;/h4,6H,5H2,1-3H3;3H,1-2H3;. The van der Waals surface area contributed by atoms with Crippen LogP contribution in [0.2, 0.25) is 19.6 Å². The van der Waals surface area contributed by atoms with Gasteiger partial charge >= 0.3 is 73.2 Å². The fourth-order valence-corrected chi connectivity index (χ4v) is 4.62. The van der Waals surface area contributed by atoms with E-state index in [1.807, 2.05) is 13.8 Å². The van der Waals surface area contributed by atoms with Crippen LogP contribution in [-0.2, 0) is 21.7 Å². The molecule has 0 unspecified atom stereocenters. The van der Waals surface area contributed by atoms with Gasteiger partial charge in [0.05, 0.1) is 18.0 Å². The van der Waals surface area contributed by atoms with Crippen LogP contribution in [0.3, 0.4) is 0 Å². The van der Waals surface area contributed by atoms with Crippen molar-refractivity contribution in [3.8, 4) is 0 Å². The Morgan fingerprint density at radius 3 is 2.00 bits per heavy atom. The summed E-state index contributed by atoms with van der Waals surface area (Å²) in [6.45, 7) is 10.9. The Hall–Kier alpha value is 0.531. The van der Waals surface area contributed by atoms with E-state index in [1.165, 1.54) is 10.7 Å². The van der Waals surface area contributed by atoms with Crippen LogP contribution >= 0.6 is 11.9 Å². The molecule has 15 heavy (non-hydrogen) atoms. The van der Waals surface area contributed by atoms with Gasteiger partial charge in [-0.25, -0.2) is 0 Å². The molecular formula is C11H20ClOSiV. The Kier molecular flexibility index (Phi) is 7.22. The molecule has 4 heteroatoms. The van der Waals surface area contributed by atoms with Gasteiger partial charge in [0.15, 0.2) is 0 Å². The fraction of sp³-hybridized carbons (Fsp3) is 0.636. The third kappa shape index (κ3) is 6.64. The molecule has 0 N–H and O–H groups in total. The van der Waals surface area contributed by atoms with Gasteiger partial charge in [-0.3, -0.25) is 4.29 Å². The Morgan fingerprint density at radius 2 is 1.87 bits per heavy atom. The van der Waals surface area contributed by atoms with Crippen molar-refractivity contribution in [2.24, 2.45) is 0 Å². The van der Waals surface area contributed by atoms with Gasteiger partial charge in [0, 0.05) is 0 Å². The molecule has 86 valence electrons. The predicted octanol–water partition coefficient (Wildman–Crippen LogP) is 4.19. The van der Waals surface area contributed by atoms with Gasteiger partial charge in [0.1, 0.15) is 0 Å². The van der Waals surface area contributed by atoms with Crippen molar-refractivity contribution in [2.45, 2.75) is 46.0 Å². The zero-order valence-electron chi connectivity index (χ0n) is 10.2. The Bertz CT molecular complexity index is 254. The summed E-state index contributed by atoms with van der Waals surface area (Å²) in [7, 11) is -1.01. The van der Waals surface area contributed by atoms with Crippen LogP contribution in [0.5, 0.6) is 0 Å². The van der Waals surface area contributed by atoms with E-state index in [1.54, 1.807) is 5.20 Å². The van der Waals surface area contributed by atoms with E-state index >= 15 is 0 Å². The van der Waals surface area contributed by atoms with E-state index in [0.29, 0.717) is 0 Å². The zero-order chi connectivity index (χ0) is 12.1. The Morgan fingerprint density at radius 1 is 1.40 bits per heavy atom. The van der Waals surface area contributed by atoms with Crippen LogP contribution in [0.15, 0.2) is 21.6 Å². The molecule has 0 aromatic rings. The van der Waals surface area contributed by atoms with Crippen molar-refractivity contribution >= 4 is 19.9 Å². The van der Waals surface area contributed by atoms with E-state index in [0.717, 1.165) is 0 Å². The SMILES string of the molecule is CC(C)OCl.C[Si](C)(C)C1=[C]([V])CC=C1. The van der Waals surface area contributed by atoms with Crippen molar-refractivity contribution in [3.63, 3.8) is 0 Å². The molecule has 0 radical (unpaired) electrons. The molecular weight excluding hydrogens is 263 g/mol. The number of halogens is 1. The van der Waals surface area contributed by atoms with Crippen LogP contribution in [0.4, 0.5) is 0 Å².